The van der Waals surface area contributed by atoms with Gasteiger partial charge in [0.15, 0.2) is 0 Å². The molecule has 3 aromatic carbocycles. The number of halogens is 2. The summed E-state index contributed by atoms with van der Waals surface area (Å²) < 4.78 is 11.1. The van der Waals surface area contributed by atoms with Gasteiger partial charge in [-0.3, -0.25) is 5.32 Å². The van der Waals surface area contributed by atoms with Crippen molar-refractivity contribution in [1.82, 2.24) is 9.88 Å². The number of aromatic nitrogens is 1. The van der Waals surface area contributed by atoms with Crippen LogP contribution in [0.1, 0.15) is 36.7 Å². The van der Waals surface area contributed by atoms with Gasteiger partial charge in [0.05, 0.1) is 12.1 Å². The Morgan fingerprint density at radius 3 is 2.46 bits per heavy atom. The first-order chi connectivity index (χ1) is 17.8. The highest BCUT2D eigenvalue weighted by atomic mass is 35.5. The molecule has 2 heterocycles. The molecule has 2 atom stereocenters. The van der Waals surface area contributed by atoms with Crippen LogP contribution in [0, 0.1) is 0 Å². The molecule has 3 N–H and O–H groups in total. The Balaban J connectivity index is 1.49. The summed E-state index contributed by atoms with van der Waals surface area (Å²) in [5.41, 5.74) is 4.62. The zero-order valence-electron chi connectivity index (χ0n) is 20.4. The Bertz CT molecular complexity index is 1400. The van der Waals surface area contributed by atoms with Gasteiger partial charge in [0, 0.05) is 38.9 Å². The molecule has 0 spiro atoms. The van der Waals surface area contributed by atoms with E-state index in [1.807, 2.05) is 47.4 Å². The number of hydrogen-bond donors (Lipinski definition) is 3. The van der Waals surface area contributed by atoms with E-state index in [2.05, 4.69) is 10.3 Å². The minimum atomic E-state index is -1.21. The standard InChI is InChI=1S/C28H27Cl2N3O4/c1-16(2)36-27(34)31-20-8-3-17(4-9-20)26-25-22(23-15-19(30)7-12-24(23)32-25)13-14-33(26)28(35)37-21-10-5-18(29)6-11-21/h3-12,15-16,26,28,32,35H,13-14H2,1-2H3,(H,31,34). The number of carbonyl (C=O) groups is 1. The maximum absolute atomic E-state index is 12.0. The molecule has 0 bridgehead atoms. The van der Waals surface area contributed by atoms with Crippen molar-refractivity contribution in [2.75, 3.05) is 11.9 Å². The third kappa shape index (κ3) is 5.55. The topological polar surface area (TPSA) is 86.8 Å². The molecular formula is C28H27Cl2N3O4. The molecule has 5 rings (SSSR count). The first kappa shape index (κ1) is 25.4. The fourth-order valence-corrected chi connectivity index (χ4v) is 4.99. The Labute approximate surface area is 224 Å². The summed E-state index contributed by atoms with van der Waals surface area (Å²) in [6.07, 6.45) is -1.24. The predicted octanol–water partition coefficient (Wildman–Crippen LogP) is 6.73. The van der Waals surface area contributed by atoms with Crippen molar-refractivity contribution in [2.24, 2.45) is 0 Å². The average molecular weight is 540 g/mol. The zero-order chi connectivity index (χ0) is 26.1. The number of anilines is 1. The fraction of sp³-hybridized carbons (Fsp3) is 0.250. The van der Waals surface area contributed by atoms with Crippen LogP contribution in [0.2, 0.25) is 10.0 Å². The molecule has 0 aliphatic carbocycles. The van der Waals surface area contributed by atoms with Gasteiger partial charge in [-0.15, -0.1) is 0 Å². The normalized spacial score (nSPS) is 16.4. The van der Waals surface area contributed by atoms with Crippen LogP contribution in [0.3, 0.4) is 0 Å². The van der Waals surface area contributed by atoms with Gasteiger partial charge in [-0.25, -0.2) is 9.69 Å². The number of H-pyrrole nitrogens is 1. The van der Waals surface area contributed by atoms with Gasteiger partial charge in [-0.2, -0.15) is 0 Å². The smallest absolute Gasteiger partial charge is 0.411 e. The maximum Gasteiger partial charge on any atom is 0.411 e. The molecular weight excluding hydrogens is 513 g/mol. The van der Waals surface area contributed by atoms with E-state index in [0.717, 1.165) is 27.7 Å². The summed E-state index contributed by atoms with van der Waals surface area (Å²) in [5, 5.41) is 16.3. The maximum atomic E-state index is 12.0. The van der Waals surface area contributed by atoms with Crippen molar-refractivity contribution < 1.29 is 19.4 Å². The number of rotatable bonds is 6. The summed E-state index contributed by atoms with van der Waals surface area (Å²) in [6.45, 7) is 4.14. The number of fused-ring (bicyclic) bond motifs is 3. The molecule has 1 aliphatic heterocycles. The van der Waals surface area contributed by atoms with Crippen LogP contribution in [0.25, 0.3) is 10.9 Å². The molecule has 1 aromatic heterocycles. The quantitative estimate of drug-likeness (QED) is 0.236. The monoisotopic (exact) mass is 539 g/mol. The van der Waals surface area contributed by atoms with Gasteiger partial charge in [-0.1, -0.05) is 35.3 Å². The van der Waals surface area contributed by atoms with Crippen LogP contribution >= 0.6 is 23.2 Å². The second-order valence-electron chi connectivity index (χ2n) is 9.20. The van der Waals surface area contributed by atoms with E-state index in [-0.39, 0.29) is 12.1 Å². The van der Waals surface area contributed by atoms with E-state index >= 15 is 0 Å². The molecule has 2 unspecified atom stereocenters. The van der Waals surface area contributed by atoms with Crippen LogP contribution in [-0.2, 0) is 11.2 Å². The number of nitrogens with zero attached hydrogens (tertiary/aromatic N) is 1. The van der Waals surface area contributed by atoms with E-state index in [9.17, 15) is 9.90 Å². The van der Waals surface area contributed by atoms with Crippen molar-refractivity contribution in [3.8, 4) is 5.75 Å². The largest absolute Gasteiger partial charge is 0.451 e. The third-order valence-corrected chi connectivity index (χ3v) is 6.77. The van der Waals surface area contributed by atoms with Crippen molar-refractivity contribution in [2.45, 2.75) is 38.8 Å². The zero-order valence-corrected chi connectivity index (χ0v) is 21.9. The van der Waals surface area contributed by atoms with Crippen LogP contribution in [0.15, 0.2) is 66.7 Å². The number of hydrogen-bond acceptors (Lipinski definition) is 5. The summed E-state index contributed by atoms with van der Waals surface area (Å²) in [6, 6.07) is 19.8. The van der Waals surface area contributed by atoms with E-state index in [0.29, 0.717) is 34.4 Å². The molecule has 1 amide bonds. The summed E-state index contributed by atoms with van der Waals surface area (Å²) in [7, 11) is 0. The number of ether oxygens (including phenoxy) is 2. The number of benzene rings is 3. The Kier molecular flexibility index (Phi) is 7.31. The van der Waals surface area contributed by atoms with Crippen LogP contribution in [-0.4, -0.2) is 40.1 Å². The van der Waals surface area contributed by atoms with E-state index in [4.69, 9.17) is 32.7 Å². The lowest BCUT2D eigenvalue weighted by atomic mass is 9.92. The highest BCUT2D eigenvalue weighted by molar-refractivity contribution is 6.31. The lowest BCUT2D eigenvalue weighted by molar-refractivity contribution is -0.150. The number of nitrogens with one attached hydrogen (secondary N) is 2. The lowest BCUT2D eigenvalue weighted by Crippen LogP contribution is -2.46. The Morgan fingerprint density at radius 2 is 1.76 bits per heavy atom. The second-order valence-corrected chi connectivity index (χ2v) is 10.1. The van der Waals surface area contributed by atoms with E-state index in [1.54, 1.807) is 38.1 Å². The van der Waals surface area contributed by atoms with Crippen LogP contribution < -0.4 is 10.1 Å². The van der Waals surface area contributed by atoms with Crippen molar-refractivity contribution in [1.29, 1.82) is 0 Å². The van der Waals surface area contributed by atoms with Crippen LogP contribution in [0.5, 0.6) is 5.75 Å². The SMILES string of the molecule is CC(C)OC(=O)Nc1ccc(C2c3[nH]c4ccc(Cl)cc4c3CCN2C(O)Oc2ccc(Cl)cc2)cc1. The first-order valence-electron chi connectivity index (χ1n) is 12.0. The average Bonchev–Trinajstić information content (AvgIpc) is 3.22. The minimum absolute atomic E-state index is 0.217. The van der Waals surface area contributed by atoms with Crippen molar-refractivity contribution in [3.63, 3.8) is 0 Å². The third-order valence-electron chi connectivity index (χ3n) is 6.28. The molecule has 37 heavy (non-hydrogen) atoms. The fourth-order valence-electron chi connectivity index (χ4n) is 4.69. The first-order valence-corrected chi connectivity index (χ1v) is 12.8. The molecule has 0 radical (unpaired) electrons. The molecule has 0 saturated heterocycles. The van der Waals surface area contributed by atoms with Crippen LogP contribution in [0.4, 0.5) is 10.5 Å². The number of amides is 1. The highest BCUT2D eigenvalue weighted by Gasteiger charge is 2.36. The van der Waals surface area contributed by atoms with E-state index < -0.39 is 12.5 Å². The molecule has 0 fully saturated rings. The van der Waals surface area contributed by atoms with E-state index in [1.165, 1.54) is 0 Å². The van der Waals surface area contributed by atoms with Gasteiger partial charge in [0.2, 0.25) is 0 Å². The molecule has 1 aliphatic rings. The number of aliphatic hydroxyl groups excluding tert-OH is 1. The summed E-state index contributed by atoms with van der Waals surface area (Å²) in [5.74, 6) is 0.507. The Hall–Kier alpha value is -3.23. The number of aromatic amines is 1. The van der Waals surface area contributed by atoms with Crippen molar-refractivity contribution >= 4 is 45.9 Å². The second kappa shape index (κ2) is 10.6. The van der Waals surface area contributed by atoms with Gasteiger partial charge in [0.1, 0.15) is 5.75 Å². The molecule has 0 saturated carbocycles. The lowest BCUT2D eigenvalue weighted by Gasteiger charge is -2.38. The molecule has 192 valence electrons. The number of aliphatic hydroxyl groups is 1. The molecule has 7 nitrogen and oxygen atoms in total. The summed E-state index contributed by atoms with van der Waals surface area (Å²) >= 11 is 12.3. The van der Waals surface area contributed by atoms with Gasteiger partial charge in [-0.05, 0) is 86.0 Å². The number of carbonyl (C=O) groups excluding carboxylic acids is 1. The van der Waals surface area contributed by atoms with Gasteiger partial charge in [0.25, 0.3) is 6.41 Å². The molecule has 4 aromatic rings. The minimum Gasteiger partial charge on any atom is -0.451 e. The summed E-state index contributed by atoms with van der Waals surface area (Å²) in [4.78, 5) is 17.5. The van der Waals surface area contributed by atoms with Gasteiger partial charge < -0.3 is 19.6 Å². The van der Waals surface area contributed by atoms with Crippen molar-refractivity contribution in [3.05, 3.63) is 93.6 Å². The predicted molar refractivity (Wildman–Crippen MR) is 145 cm³/mol. The van der Waals surface area contributed by atoms with Gasteiger partial charge >= 0.3 is 6.09 Å². The highest BCUT2D eigenvalue weighted by Crippen LogP contribution is 2.40. The Morgan fingerprint density at radius 1 is 1.05 bits per heavy atom. The molecule has 9 heteroatoms.